The molecule has 2 aliphatic carbocycles. The average molecular weight is 841 g/mol. The van der Waals surface area contributed by atoms with Crippen molar-refractivity contribution >= 4 is 21.5 Å². The number of hydrogen-bond acceptors (Lipinski definition) is 2. The van der Waals surface area contributed by atoms with Crippen LogP contribution in [0.5, 0.6) is 0 Å². The zero-order valence-corrected chi connectivity index (χ0v) is 36.8. The number of fused-ring (bicyclic) bond motifs is 8. The Hall–Kier alpha value is -8.20. The highest BCUT2D eigenvalue weighted by molar-refractivity contribution is 6.05. The van der Waals surface area contributed by atoms with E-state index in [0.717, 1.165) is 33.5 Å². The zero-order valence-electron chi connectivity index (χ0n) is 36.8. The summed E-state index contributed by atoms with van der Waals surface area (Å²) in [7, 11) is 0. The Bertz CT molecular complexity index is 3680. The van der Waals surface area contributed by atoms with E-state index in [-0.39, 0.29) is 5.41 Å². The van der Waals surface area contributed by atoms with E-state index >= 15 is 0 Å². The molecule has 0 spiro atoms. The second-order valence-corrected chi connectivity index (χ2v) is 18.4. The summed E-state index contributed by atoms with van der Waals surface area (Å²) in [6.07, 6.45) is 0. The fourth-order valence-electron chi connectivity index (χ4n) is 11.5. The van der Waals surface area contributed by atoms with Crippen LogP contribution in [0.25, 0.3) is 88.8 Å². The molecule has 0 unspecified atom stereocenters. The van der Waals surface area contributed by atoms with Gasteiger partial charge in [0, 0.05) is 22.1 Å². The quantitative estimate of drug-likeness (QED) is 0.167. The monoisotopic (exact) mass is 840 g/mol. The van der Waals surface area contributed by atoms with Gasteiger partial charge in [0.15, 0.2) is 5.82 Å². The lowest BCUT2D eigenvalue weighted by Crippen LogP contribution is -2.28. The van der Waals surface area contributed by atoms with Crippen molar-refractivity contribution in [1.29, 1.82) is 0 Å². The van der Waals surface area contributed by atoms with Gasteiger partial charge in [-0.2, -0.15) is 0 Å². The summed E-state index contributed by atoms with van der Waals surface area (Å²) in [5.74, 6) is 0.702. The Labute approximate surface area is 385 Å². The maximum atomic E-state index is 5.60. The molecule has 0 saturated heterocycles. The van der Waals surface area contributed by atoms with Crippen LogP contribution in [0.15, 0.2) is 231 Å². The normalized spacial score (nSPS) is 13.8. The topological polar surface area (TPSA) is 25.8 Å². The Morgan fingerprint density at radius 3 is 1.61 bits per heavy atom. The molecule has 0 atom stereocenters. The molecule has 13 rings (SSSR count). The highest BCUT2D eigenvalue weighted by Gasteiger charge is 2.47. The zero-order chi connectivity index (χ0) is 44.0. The summed E-state index contributed by atoms with van der Waals surface area (Å²) in [6.45, 7) is 4.74. The number of rotatable bonds is 6. The Morgan fingerprint density at radius 1 is 0.318 bits per heavy atom. The van der Waals surface area contributed by atoms with Crippen molar-refractivity contribution in [2.75, 3.05) is 0 Å². The molecule has 2 nitrogen and oxygen atoms in total. The predicted molar refractivity (Wildman–Crippen MR) is 274 cm³/mol. The van der Waals surface area contributed by atoms with E-state index < -0.39 is 5.41 Å². The molecule has 1 aromatic heterocycles. The first-order valence-electron chi connectivity index (χ1n) is 23.0. The fourth-order valence-corrected chi connectivity index (χ4v) is 11.5. The fraction of sp³-hybridized carbons (Fsp3) is 0.0625. The minimum Gasteiger partial charge on any atom is -0.228 e. The molecule has 11 aromatic rings. The van der Waals surface area contributed by atoms with Crippen LogP contribution in [-0.4, -0.2) is 9.97 Å². The van der Waals surface area contributed by atoms with Gasteiger partial charge >= 0.3 is 0 Å². The first-order chi connectivity index (χ1) is 32.5. The van der Waals surface area contributed by atoms with Crippen LogP contribution in [0, 0.1) is 0 Å². The lowest BCUT2D eigenvalue weighted by atomic mass is 9.67. The second-order valence-electron chi connectivity index (χ2n) is 18.4. The van der Waals surface area contributed by atoms with Gasteiger partial charge in [0.1, 0.15) is 0 Å². The minimum atomic E-state index is -0.516. The van der Waals surface area contributed by atoms with Gasteiger partial charge in [-0.05, 0) is 119 Å². The molecule has 10 aromatic carbocycles. The van der Waals surface area contributed by atoms with Gasteiger partial charge in [0.2, 0.25) is 0 Å². The van der Waals surface area contributed by atoms with Gasteiger partial charge in [-0.25, -0.2) is 9.97 Å². The number of hydrogen-bond donors (Lipinski definition) is 0. The smallest absolute Gasteiger partial charge is 0.161 e. The lowest BCUT2D eigenvalue weighted by Gasteiger charge is -2.33. The molecule has 1 heterocycles. The molecule has 66 heavy (non-hydrogen) atoms. The summed E-state index contributed by atoms with van der Waals surface area (Å²) < 4.78 is 0. The molecule has 0 fully saturated rings. The second kappa shape index (κ2) is 14.7. The maximum absolute atomic E-state index is 5.60. The lowest BCUT2D eigenvalue weighted by molar-refractivity contribution is 0.661. The Morgan fingerprint density at radius 2 is 0.864 bits per heavy atom. The summed E-state index contributed by atoms with van der Waals surface area (Å²) in [6, 6.07) is 84.3. The molecule has 0 N–H and O–H groups in total. The first kappa shape index (κ1) is 38.3. The van der Waals surface area contributed by atoms with Crippen molar-refractivity contribution in [3.8, 4) is 67.3 Å². The molecule has 0 radical (unpaired) electrons. The molecule has 0 aliphatic heterocycles. The van der Waals surface area contributed by atoms with Gasteiger partial charge < -0.3 is 0 Å². The van der Waals surface area contributed by atoms with E-state index in [1.54, 1.807) is 0 Å². The van der Waals surface area contributed by atoms with Gasteiger partial charge in [0.05, 0.1) is 16.8 Å². The van der Waals surface area contributed by atoms with E-state index in [4.69, 9.17) is 9.97 Å². The van der Waals surface area contributed by atoms with E-state index in [9.17, 15) is 0 Å². The van der Waals surface area contributed by atoms with Crippen molar-refractivity contribution in [1.82, 2.24) is 9.97 Å². The molecular weight excluding hydrogens is 797 g/mol. The third-order valence-corrected chi connectivity index (χ3v) is 14.6. The van der Waals surface area contributed by atoms with Gasteiger partial charge in [-0.1, -0.05) is 214 Å². The van der Waals surface area contributed by atoms with Crippen molar-refractivity contribution in [3.05, 3.63) is 264 Å². The van der Waals surface area contributed by atoms with Crippen LogP contribution >= 0.6 is 0 Å². The molecule has 0 bridgehead atoms. The average Bonchev–Trinajstić information content (AvgIpc) is 3.81. The van der Waals surface area contributed by atoms with E-state index in [1.165, 1.54) is 82.9 Å². The molecule has 310 valence electrons. The van der Waals surface area contributed by atoms with Crippen molar-refractivity contribution in [3.63, 3.8) is 0 Å². The van der Waals surface area contributed by atoms with E-state index in [1.807, 2.05) is 0 Å². The van der Waals surface area contributed by atoms with Crippen molar-refractivity contribution in [2.24, 2.45) is 0 Å². The standard InChI is InChI=1S/C64H44N2/c1-63(2)57-39-44(33-34-50(57)54-37-42-21-12-13-22-43(42)38-58(54)63)47-35-36-51(49-28-15-14-27-48(47)49)62-65-59(41-19-6-3-7-20-41)40-60(66-62)53-30-18-32-56-61(53)52-29-16-17-31-55(52)64(56,45-23-8-4-9-24-45)46-25-10-5-11-26-46/h3-40H,1-2H3. The first-order valence-corrected chi connectivity index (χ1v) is 23.0. The molecule has 0 amide bonds. The third-order valence-electron chi connectivity index (χ3n) is 14.6. The van der Waals surface area contributed by atoms with Gasteiger partial charge in [-0.15, -0.1) is 0 Å². The molecule has 2 aliphatic rings. The van der Waals surface area contributed by atoms with Crippen LogP contribution in [0.2, 0.25) is 0 Å². The van der Waals surface area contributed by atoms with Crippen LogP contribution in [0.1, 0.15) is 47.2 Å². The van der Waals surface area contributed by atoms with E-state index in [2.05, 4.69) is 244 Å². The summed E-state index contributed by atoms with van der Waals surface area (Å²) >= 11 is 0. The highest BCUT2D eigenvalue weighted by Crippen LogP contribution is 2.58. The van der Waals surface area contributed by atoms with E-state index in [0.29, 0.717) is 5.82 Å². The largest absolute Gasteiger partial charge is 0.228 e. The van der Waals surface area contributed by atoms with Crippen LogP contribution in [-0.2, 0) is 10.8 Å². The van der Waals surface area contributed by atoms with Crippen LogP contribution < -0.4 is 0 Å². The summed E-state index contributed by atoms with van der Waals surface area (Å²) in [5.41, 5.74) is 19.5. The SMILES string of the molecule is CC1(C)c2cc(-c3ccc(-c4nc(-c5ccccc5)cc(-c5cccc6c5-c5ccccc5C6(c5ccccc5)c5ccccc5)n4)c4ccccc34)ccc2-c2cc3ccccc3cc21. The number of aromatic nitrogens is 2. The highest BCUT2D eigenvalue weighted by atomic mass is 14.9. The maximum Gasteiger partial charge on any atom is 0.161 e. The van der Waals surface area contributed by atoms with Gasteiger partial charge in [-0.3, -0.25) is 0 Å². The minimum absolute atomic E-state index is 0.136. The number of benzene rings is 10. The molecule has 2 heteroatoms. The number of nitrogens with zero attached hydrogens (tertiary/aromatic N) is 2. The van der Waals surface area contributed by atoms with Crippen LogP contribution in [0.3, 0.4) is 0 Å². The van der Waals surface area contributed by atoms with Crippen molar-refractivity contribution in [2.45, 2.75) is 24.7 Å². The summed E-state index contributed by atoms with van der Waals surface area (Å²) in [5, 5.41) is 4.86. The molecule has 0 saturated carbocycles. The Balaban J connectivity index is 1.00. The van der Waals surface area contributed by atoms with Gasteiger partial charge in [0.25, 0.3) is 0 Å². The summed E-state index contributed by atoms with van der Waals surface area (Å²) in [4.78, 5) is 11.0. The van der Waals surface area contributed by atoms with Crippen LogP contribution in [0.4, 0.5) is 0 Å². The van der Waals surface area contributed by atoms with Crippen molar-refractivity contribution < 1.29 is 0 Å². The predicted octanol–water partition coefficient (Wildman–Crippen LogP) is 16.1. The third kappa shape index (κ3) is 5.61. The molecular formula is C64H44N2. The Kier molecular flexibility index (Phi) is 8.51.